The van der Waals surface area contributed by atoms with Crippen molar-refractivity contribution in [3.05, 3.63) is 53.2 Å². The molecular formula is C23H28F2N4O. The zero-order valence-corrected chi connectivity index (χ0v) is 17.1. The Morgan fingerprint density at radius 3 is 2.60 bits per heavy atom. The van der Waals surface area contributed by atoms with E-state index in [2.05, 4.69) is 20.5 Å². The number of nitrogens with one attached hydrogen (secondary N) is 2. The molecule has 0 spiro atoms. The van der Waals surface area contributed by atoms with Crippen molar-refractivity contribution < 1.29 is 13.6 Å². The summed E-state index contributed by atoms with van der Waals surface area (Å²) in [6.07, 6.45) is 5.55. The van der Waals surface area contributed by atoms with Crippen LogP contribution in [0.15, 0.2) is 30.3 Å². The van der Waals surface area contributed by atoms with Gasteiger partial charge in [0.1, 0.15) is 11.6 Å². The number of hydrogen-bond donors (Lipinski definition) is 2. The van der Waals surface area contributed by atoms with E-state index >= 15 is 0 Å². The zero-order chi connectivity index (χ0) is 20.9. The van der Waals surface area contributed by atoms with E-state index in [-0.39, 0.29) is 18.3 Å². The normalized spacial score (nSPS) is 17.1. The molecule has 1 aliphatic heterocycles. The molecule has 1 aromatic carbocycles. The highest BCUT2D eigenvalue weighted by Crippen LogP contribution is 2.24. The summed E-state index contributed by atoms with van der Waals surface area (Å²) in [5.41, 5.74) is 1.89. The van der Waals surface area contributed by atoms with E-state index in [1.54, 1.807) is 12.1 Å². The largest absolute Gasteiger partial charge is 0.352 e. The van der Waals surface area contributed by atoms with Crippen molar-refractivity contribution in [1.82, 2.24) is 20.5 Å². The molecule has 2 aliphatic rings. The minimum Gasteiger partial charge on any atom is -0.352 e. The van der Waals surface area contributed by atoms with Crippen LogP contribution in [0.1, 0.15) is 43.4 Å². The minimum absolute atomic E-state index is 0.0358. The maximum Gasteiger partial charge on any atom is 0.234 e. The number of carbonyl (C=O) groups excluding carboxylic acids is 1. The Morgan fingerprint density at radius 2 is 1.87 bits per heavy atom. The van der Waals surface area contributed by atoms with Crippen LogP contribution >= 0.6 is 0 Å². The second-order valence-electron chi connectivity index (χ2n) is 8.22. The number of pyridine rings is 1. The lowest BCUT2D eigenvalue weighted by atomic mass is 10.1. The predicted octanol–water partition coefficient (Wildman–Crippen LogP) is 3.38. The average molecular weight is 415 g/mol. The number of benzene rings is 1. The van der Waals surface area contributed by atoms with Crippen LogP contribution in [0, 0.1) is 11.6 Å². The molecule has 0 bridgehead atoms. The number of hydrogen-bond acceptors (Lipinski definition) is 4. The summed E-state index contributed by atoms with van der Waals surface area (Å²) < 4.78 is 29.0. The number of rotatable bonds is 8. The van der Waals surface area contributed by atoms with Crippen LogP contribution in [0.3, 0.4) is 0 Å². The van der Waals surface area contributed by atoms with Gasteiger partial charge in [-0.05, 0) is 68.6 Å². The summed E-state index contributed by atoms with van der Waals surface area (Å²) in [6, 6.07) is 8.14. The van der Waals surface area contributed by atoms with E-state index in [0.29, 0.717) is 36.1 Å². The van der Waals surface area contributed by atoms with Crippen molar-refractivity contribution >= 4 is 5.91 Å². The van der Waals surface area contributed by atoms with Gasteiger partial charge >= 0.3 is 0 Å². The van der Waals surface area contributed by atoms with Gasteiger partial charge in [0.05, 0.1) is 17.9 Å². The maximum atomic E-state index is 14.7. The Balaban J connectivity index is 1.39. The Bertz CT molecular complexity index is 895. The SMILES string of the molecule is O=C(CNCc1ccc(-c2ccc(F)c(CN3CCCCC3)n2)c(F)c1)NC1CC1. The number of aromatic nitrogens is 1. The lowest BCUT2D eigenvalue weighted by molar-refractivity contribution is -0.120. The number of halogens is 2. The Morgan fingerprint density at radius 1 is 1.07 bits per heavy atom. The van der Waals surface area contributed by atoms with Gasteiger partial charge < -0.3 is 10.6 Å². The number of piperidine rings is 1. The van der Waals surface area contributed by atoms with Crippen LogP contribution in [0.5, 0.6) is 0 Å². The summed E-state index contributed by atoms with van der Waals surface area (Å²) in [5, 5.41) is 5.94. The lowest BCUT2D eigenvalue weighted by Gasteiger charge is -2.26. The van der Waals surface area contributed by atoms with Gasteiger partial charge in [0.25, 0.3) is 0 Å². The highest BCUT2D eigenvalue weighted by atomic mass is 19.1. The second kappa shape index (κ2) is 9.62. The number of carbonyl (C=O) groups is 1. The third-order valence-corrected chi connectivity index (χ3v) is 5.61. The Kier molecular flexibility index (Phi) is 6.69. The second-order valence-corrected chi connectivity index (χ2v) is 8.22. The quantitative estimate of drug-likeness (QED) is 0.695. The fraction of sp³-hybridized carbons (Fsp3) is 0.478. The standard InChI is InChI=1S/C23H28F2N4O/c24-19-8-9-21(28-22(19)15-29-10-2-1-3-11-29)18-7-4-16(12-20(18)25)13-26-14-23(30)27-17-5-6-17/h4,7-9,12,17,26H,1-3,5-6,10-11,13-15H2,(H,27,30). The molecule has 30 heavy (non-hydrogen) atoms. The smallest absolute Gasteiger partial charge is 0.234 e. The fourth-order valence-electron chi connectivity index (χ4n) is 3.78. The van der Waals surface area contributed by atoms with E-state index in [0.717, 1.165) is 44.3 Å². The Hall–Kier alpha value is -2.38. The molecular weight excluding hydrogens is 386 g/mol. The van der Waals surface area contributed by atoms with Crippen molar-refractivity contribution in [2.75, 3.05) is 19.6 Å². The van der Waals surface area contributed by atoms with Crippen molar-refractivity contribution in [3.63, 3.8) is 0 Å². The summed E-state index contributed by atoms with van der Waals surface area (Å²) in [5.74, 6) is -0.791. The highest BCUT2D eigenvalue weighted by molar-refractivity contribution is 5.78. The summed E-state index contributed by atoms with van der Waals surface area (Å²) in [6.45, 7) is 2.94. The molecule has 1 aromatic heterocycles. The first-order chi connectivity index (χ1) is 14.6. The summed E-state index contributed by atoms with van der Waals surface area (Å²) in [4.78, 5) is 18.3. The van der Waals surface area contributed by atoms with Gasteiger partial charge in [0.2, 0.25) is 5.91 Å². The first-order valence-electron chi connectivity index (χ1n) is 10.7. The summed E-state index contributed by atoms with van der Waals surface area (Å²) in [7, 11) is 0. The number of amides is 1. The molecule has 7 heteroatoms. The van der Waals surface area contributed by atoms with E-state index < -0.39 is 5.82 Å². The van der Waals surface area contributed by atoms with Crippen LogP contribution in [0.25, 0.3) is 11.3 Å². The molecule has 2 N–H and O–H groups in total. The molecule has 2 aromatic rings. The van der Waals surface area contributed by atoms with Crippen LogP contribution in [0.4, 0.5) is 8.78 Å². The molecule has 2 heterocycles. The molecule has 5 nitrogen and oxygen atoms in total. The molecule has 1 saturated carbocycles. The van der Waals surface area contributed by atoms with Crippen LogP contribution < -0.4 is 10.6 Å². The van der Waals surface area contributed by atoms with Gasteiger partial charge in [-0.15, -0.1) is 0 Å². The molecule has 0 radical (unpaired) electrons. The van der Waals surface area contributed by atoms with Crippen molar-refractivity contribution in [2.24, 2.45) is 0 Å². The fourth-order valence-corrected chi connectivity index (χ4v) is 3.78. The number of nitrogens with zero attached hydrogens (tertiary/aromatic N) is 2. The van der Waals surface area contributed by atoms with E-state index in [1.165, 1.54) is 24.6 Å². The topological polar surface area (TPSA) is 57.3 Å². The van der Waals surface area contributed by atoms with Crippen LogP contribution in [-0.4, -0.2) is 41.5 Å². The lowest BCUT2D eigenvalue weighted by Crippen LogP contribution is -2.34. The first kappa shape index (κ1) is 20.9. The van der Waals surface area contributed by atoms with Gasteiger partial charge in [-0.2, -0.15) is 0 Å². The maximum absolute atomic E-state index is 14.7. The van der Waals surface area contributed by atoms with E-state index in [1.807, 2.05) is 0 Å². The van der Waals surface area contributed by atoms with Crippen LogP contribution in [-0.2, 0) is 17.9 Å². The molecule has 0 atom stereocenters. The van der Waals surface area contributed by atoms with E-state index in [4.69, 9.17) is 0 Å². The third-order valence-electron chi connectivity index (χ3n) is 5.61. The predicted molar refractivity (Wildman–Crippen MR) is 112 cm³/mol. The van der Waals surface area contributed by atoms with E-state index in [9.17, 15) is 13.6 Å². The van der Waals surface area contributed by atoms with Gasteiger partial charge in [-0.3, -0.25) is 9.69 Å². The molecule has 160 valence electrons. The van der Waals surface area contributed by atoms with Gasteiger partial charge in [-0.1, -0.05) is 12.5 Å². The highest BCUT2D eigenvalue weighted by Gasteiger charge is 2.22. The number of likely N-dealkylation sites (tertiary alicyclic amines) is 1. The van der Waals surface area contributed by atoms with Crippen LogP contribution in [0.2, 0.25) is 0 Å². The monoisotopic (exact) mass is 414 g/mol. The third kappa shape index (κ3) is 5.61. The molecule has 1 amide bonds. The van der Waals surface area contributed by atoms with Gasteiger partial charge in [0, 0.05) is 24.7 Å². The minimum atomic E-state index is -0.403. The Labute approximate surface area is 175 Å². The average Bonchev–Trinajstić information content (AvgIpc) is 3.55. The molecule has 1 aliphatic carbocycles. The molecule has 1 saturated heterocycles. The molecule has 2 fully saturated rings. The molecule has 4 rings (SSSR count). The van der Waals surface area contributed by atoms with Crippen molar-refractivity contribution in [3.8, 4) is 11.3 Å². The van der Waals surface area contributed by atoms with Gasteiger partial charge in [0.15, 0.2) is 0 Å². The van der Waals surface area contributed by atoms with Crippen molar-refractivity contribution in [2.45, 2.75) is 51.2 Å². The van der Waals surface area contributed by atoms with Crippen molar-refractivity contribution in [1.29, 1.82) is 0 Å². The van der Waals surface area contributed by atoms with Gasteiger partial charge in [-0.25, -0.2) is 13.8 Å². The zero-order valence-electron chi connectivity index (χ0n) is 17.1. The summed E-state index contributed by atoms with van der Waals surface area (Å²) >= 11 is 0. The molecule has 0 unspecified atom stereocenters. The first-order valence-corrected chi connectivity index (χ1v) is 10.7.